The van der Waals surface area contributed by atoms with Gasteiger partial charge in [0.1, 0.15) is 0 Å². The van der Waals surface area contributed by atoms with Gasteiger partial charge in [0.15, 0.2) is 5.96 Å². The van der Waals surface area contributed by atoms with E-state index in [9.17, 15) is 0 Å². The van der Waals surface area contributed by atoms with Crippen LogP contribution in [-0.4, -0.2) is 19.0 Å². The Hall–Kier alpha value is -1.66. The molecular formula is C13H16ClN3. The Morgan fingerprint density at radius 1 is 1.41 bits per heavy atom. The summed E-state index contributed by atoms with van der Waals surface area (Å²) >= 11 is 6.05. The Morgan fingerprint density at radius 3 is 2.82 bits per heavy atom. The first-order valence-electron chi connectivity index (χ1n) is 5.47. The SMILES string of the molecule is C#CCNC(=NCc1ccccc1Cl)NCC. The largest absolute Gasteiger partial charge is 0.357 e. The molecule has 3 nitrogen and oxygen atoms in total. The lowest BCUT2D eigenvalue weighted by molar-refractivity contribution is 0.865. The van der Waals surface area contributed by atoms with Crippen molar-refractivity contribution in [1.82, 2.24) is 10.6 Å². The van der Waals surface area contributed by atoms with Gasteiger partial charge in [-0.1, -0.05) is 35.7 Å². The second-order valence-electron chi connectivity index (χ2n) is 3.34. The number of halogens is 1. The third kappa shape index (κ3) is 4.80. The fourth-order valence-corrected chi connectivity index (χ4v) is 1.46. The zero-order valence-electron chi connectivity index (χ0n) is 9.83. The van der Waals surface area contributed by atoms with Gasteiger partial charge in [-0.05, 0) is 18.6 Å². The van der Waals surface area contributed by atoms with Gasteiger partial charge in [-0.15, -0.1) is 6.42 Å². The highest BCUT2D eigenvalue weighted by atomic mass is 35.5. The van der Waals surface area contributed by atoms with Crippen molar-refractivity contribution in [2.45, 2.75) is 13.5 Å². The van der Waals surface area contributed by atoms with E-state index >= 15 is 0 Å². The van der Waals surface area contributed by atoms with Crippen molar-refractivity contribution in [2.24, 2.45) is 4.99 Å². The topological polar surface area (TPSA) is 36.4 Å². The molecule has 0 atom stereocenters. The minimum absolute atomic E-state index is 0.453. The number of rotatable bonds is 4. The van der Waals surface area contributed by atoms with E-state index in [0.717, 1.165) is 17.1 Å². The maximum absolute atomic E-state index is 6.05. The number of terminal acetylenes is 1. The highest BCUT2D eigenvalue weighted by molar-refractivity contribution is 6.31. The van der Waals surface area contributed by atoms with Gasteiger partial charge in [0.2, 0.25) is 0 Å². The van der Waals surface area contributed by atoms with Gasteiger partial charge in [-0.25, -0.2) is 4.99 Å². The zero-order chi connectivity index (χ0) is 12.5. The summed E-state index contributed by atoms with van der Waals surface area (Å²) < 4.78 is 0. The molecule has 4 heteroatoms. The normalized spacial score (nSPS) is 10.8. The van der Waals surface area contributed by atoms with Crippen molar-refractivity contribution in [1.29, 1.82) is 0 Å². The van der Waals surface area contributed by atoms with Crippen LogP contribution in [0.25, 0.3) is 0 Å². The van der Waals surface area contributed by atoms with E-state index in [1.165, 1.54) is 0 Å². The molecule has 0 unspecified atom stereocenters. The maximum atomic E-state index is 6.05. The summed E-state index contributed by atoms with van der Waals surface area (Å²) in [6.45, 7) is 3.77. The third-order valence-corrected chi connectivity index (χ3v) is 2.44. The molecule has 0 aliphatic rings. The van der Waals surface area contributed by atoms with Crippen molar-refractivity contribution in [3.05, 3.63) is 34.9 Å². The van der Waals surface area contributed by atoms with Gasteiger partial charge in [-0.2, -0.15) is 0 Å². The number of nitrogens with one attached hydrogen (secondary N) is 2. The van der Waals surface area contributed by atoms with Crippen molar-refractivity contribution in [3.63, 3.8) is 0 Å². The van der Waals surface area contributed by atoms with Gasteiger partial charge in [-0.3, -0.25) is 0 Å². The minimum atomic E-state index is 0.453. The molecule has 0 bridgehead atoms. The molecule has 0 radical (unpaired) electrons. The summed E-state index contributed by atoms with van der Waals surface area (Å²) in [5.74, 6) is 3.21. The second-order valence-corrected chi connectivity index (χ2v) is 3.75. The van der Waals surface area contributed by atoms with Crippen LogP contribution in [0.5, 0.6) is 0 Å². The Kier molecular flexibility index (Phi) is 5.98. The molecule has 1 rings (SSSR count). The number of hydrogen-bond acceptors (Lipinski definition) is 1. The first-order chi connectivity index (χ1) is 8.27. The second kappa shape index (κ2) is 7.59. The summed E-state index contributed by atoms with van der Waals surface area (Å²) in [5, 5.41) is 6.85. The van der Waals surface area contributed by atoms with Gasteiger partial charge < -0.3 is 10.6 Å². The fourth-order valence-electron chi connectivity index (χ4n) is 1.27. The number of nitrogens with zero attached hydrogens (tertiary/aromatic N) is 1. The summed E-state index contributed by atoms with van der Waals surface area (Å²) in [6, 6.07) is 7.65. The van der Waals surface area contributed by atoms with Crippen LogP contribution in [0.2, 0.25) is 5.02 Å². The Morgan fingerprint density at radius 2 is 2.18 bits per heavy atom. The van der Waals surface area contributed by atoms with Crippen LogP contribution >= 0.6 is 11.6 Å². The van der Waals surface area contributed by atoms with E-state index in [4.69, 9.17) is 18.0 Å². The molecular weight excluding hydrogens is 234 g/mol. The Labute approximate surface area is 107 Å². The fraction of sp³-hybridized carbons (Fsp3) is 0.308. The van der Waals surface area contributed by atoms with Gasteiger partial charge in [0.05, 0.1) is 13.1 Å². The number of aliphatic imine (C=N–C) groups is 1. The van der Waals surface area contributed by atoms with E-state index in [2.05, 4.69) is 21.5 Å². The van der Waals surface area contributed by atoms with E-state index in [1.54, 1.807) is 0 Å². The molecule has 1 aromatic rings. The summed E-state index contributed by atoms with van der Waals surface area (Å²) in [4.78, 5) is 4.40. The van der Waals surface area contributed by atoms with Crippen molar-refractivity contribution in [3.8, 4) is 12.3 Å². The quantitative estimate of drug-likeness (QED) is 0.487. The number of guanidine groups is 1. The van der Waals surface area contributed by atoms with Crippen molar-refractivity contribution < 1.29 is 0 Å². The highest BCUT2D eigenvalue weighted by Gasteiger charge is 1.99. The van der Waals surface area contributed by atoms with Crippen LogP contribution in [0.3, 0.4) is 0 Å². The molecule has 0 aliphatic carbocycles. The molecule has 0 fully saturated rings. The molecule has 0 saturated heterocycles. The van der Waals surface area contributed by atoms with Crippen LogP contribution in [0.4, 0.5) is 0 Å². The monoisotopic (exact) mass is 249 g/mol. The van der Waals surface area contributed by atoms with E-state index < -0.39 is 0 Å². The highest BCUT2D eigenvalue weighted by Crippen LogP contribution is 2.15. The van der Waals surface area contributed by atoms with Gasteiger partial charge >= 0.3 is 0 Å². The third-order valence-electron chi connectivity index (χ3n) is 2.07. The maximum Gasteiger partial charge on any atom is 0.192 e. The molecule has 17 heavy (non-hydrogen) atoms. The number of benzene rings is 1. The van der Waals surface area contributed by atoms with E-state index in [0.29, 0.717) is 19.0 Å². The molecule has 0 saturated carbocycles. The predicted octanol–water partition coefficient (Wildman–Crippen LogP) is 2.03. The lowest BCUT2D eigenvalue weighted by atomic mass is 10.2. The van der Waals surface area contributed by atoms with Crippen LogP contribution in [0.1, 0.15) is 12.5 Å². The van der Waals surface area contributed by atoms with Crippen LogP contribution in [0.15, 0.2) is 29.3 Å². The van der Waals surface area contributed by atoms with Crippen LogP contribution < -0.4 is 10.6 Å². The Balaban J connectivity index is 2.65. The molecule has 0 aromatic heterocycles. The minimum Gasteiger partial charge on any atom is -0.357 e. The van der Waals surface area contributed by atoms with Gasteiger partial charge in [0.25, 0.3) is 0 Å². The van der Waals surface area contributed by atoms with E-state index in [-0.39, 0.29) is 0 Å². The van der Waals surface area contributed by atoms with E-state index in [1.807, 2.05) is 31.2 Å². The molecule has 0 amide bonds. The summed E-state index contributed by atoms with van der Waals surface area (Å²) in [7, 11) is 0. The van der Waals surface area contributed by atoms with Crippen molar-refractivity contribution in [2.75, 3.05) is 13.1 Å². The summed E-state index contributed by atoms with van der Waals surface area (Å²) in [5.41, 5.74) is 0.993. The zero-order valence-corrected chi connectivity index (χ0v) is 10.6. The molecule has 0 spiro atoms. The smallest absolute Gasteiger partial charge is 0.192 e. The Bertz CT molecular complexity index is 421. The first kappa shape index (κ1) is 13.4. The van der Waals surface area contributed by atoms with Gasteiger partial charge in [0, 0.05) is 11.6 Å². The standard InChI is InChI=1S/C13H16ClN3/c1-3-9-16-13(15-4-2)17-10-11-7-5-6-8-12(11)14/h1,5-8H,4,9-10H2,2H3,(H2,15,16,17). The lowest BCUT2D eigenvalue weighted by Gasteiger charge is -2.09. The first-order valence-corrected chi connectivity index (χ1v) is 5.84. The molecule has 90 valence electrons. The molecule has 2 N–H and O–H groups in total. The molecule has 0 heterocycles. The molecule has 0 aliphatic heterocycles. The van der Waals surface area contributed by atoms with Crippen LogP contribution in [-0.2, 0) is 6.54 Å². The number of hydrogen-bond donors (Lipinski definition) is 2. The predicted molar refractivity (Wildman–Crippen MR) is 73.1 cm³/mol. The lowest BCUT2D eigenvalue weighted by Crippen LogP contribution is -2.37. The summed E-state index contributed by atoms with van der Waals surface area (Å²) in [6.07, 6.45) is 5.19. The average Bonchev–Trinajstić information content (AvgIpc) is 2.34. The average molecular weight is 250 g/mol. The van der Waals surface area contributed by atoms with Crippen molar-refractivity contribution >= 4 is 17.6 Å². The van der Waals surface area contributed by atoms with Crippen LogP contribution in [0, 0.1) is 12.3 Å². The molecule has 1 aromatic carbocycles.